The third-order valence-electron chi connectivity index (χ3n) is 2.19. The van der Waals surface area contributed by atoms with Gasteiger partial charge in [-0.2, -0.15) is 0 Å². The van der Waals surface area contributed by atoms with E-state index in [-0.39, 0.29) is 0 Å². The van der Waals surface area contributed by atoms with Crippen molar-refractivity contribution in [3.8, 4) is 0 Å². The van der Waals surface area contributed by atoms with Gasteiger partial charge in [-0.05, 0) is 12.0 Å². The first-order valence-electron chi connectivity index (χ1n) is 5.46. The van der Waals surface area contributed by atoms with Crippen molar-refractivity contribution >= 4 is 0 Å². The van der Waals surface area contributed by atoms with E-state index in [0.717, 1.165) is 39.3 Å². The minimum atomic E-state index is 0.666. The van der Waals surface area contributed by atoms with Crippen LogP contribution in [0, 0.1) is 0 Å². The second-order valence-electron chi connectivity index (χ2n) is 3.49. The highest BCUT2D eigenvalue weighted by molar-refractivity contribution is 5.06. The van der Waals surface area contributed by atoms with E-state index in [9.17, 15) is 0 Å². The van der Waals surface area contributed by atoms with Gasteiger partial charge in [0.1, 0.15) is 0 Å². The molecule has 0 atom stereocenters. The van der Waals surface area contributed by atoms with Gasteiger partial charge in [-0.25, -0.2) is 0 Å². The van der Waals surface area contributed by atoms with Crippen LogP contribution in [0.4, 0.5) is 0 Å². The Balaban J connectivity index is 1.86. The summed E-state index contributed by atoms with van der Waals surface area (Å²) in [7, 11) is 1.68. The van der Waals surface area contributed by atoms with Crippen molar-refractivity contribution in [1.29, 1.82) is 0 Å². The second-order valence-corrected chi connectivity index (χ2v) is 3.49. The van der Waals surface area contributed by atoms with Gasteiger partial charge in [0.15, 0.2) is 0 Å². The van der Waals surface area contributed by atoms with Crippen LogP contribution in [0.25, 0.3) is 0 Å². The van der Waals surface area contributed by atoms with Gasteiger partial charge in [0.05, 0.1) is 33.0 Å². The van der Waals surface area contributed by atoms with Gasteiger partial charge < -0.3 is 19.5 Å². The molecule has 0 aromatic carbocycles. The molecule has 0 amide bonds. The van der Waals surface area contributed by atoms with Gasteiger partial charge in [0, 0.05) is 20.2 Å². The fourth-order valence-electron chi connectivity index (χ4n) is 1.37. The van der Waals surface area contributed by atoms with Crippen molar-refractivity contribution in [2.24, 2.45) is 0 Å². The van der Waals surface area contributed by atoms with E-state index in [4.69, 9.17) is 14.2 Å². The monoisotopic (exact) mass is 215 g/mol. The van der Waals surface area contributed by atoms with E-state index in [1.54, 1.807) is 7.11 Å². The molecule has 1 rings (SSSR count). The van der Waals surface area contributed by atoms with E-state index in [1.165, 1.54) is 5.57 Å². The minimum absolute atomic E-state index is 0.666. The molecule has 15 heavy (non-hydrogen) atoms. The molecule has 0 bridgehead atoms. The standard InChI is InChI=1S/C11H21NO3/c1-13-7-8-14-6-4-12-9-11-3-2-5-15-10-11/h3,12H,2,4-10H2,1H3. The van der Waals surface area contributed by atoms with Crippen molar-refractivity contribution in [2.75, 3.05) is 53.2 Å². The van der Waals surface area contributed by atoms with E-state index in [0.29, 0.717) is 13.2 Å². The molecule has 0 aliphatic carbocycles. The van der Waals surface area contributed by atoms with Gasteiger partial charge in [-0.3, -0.25) is 0 Å². The molecule has 88 valence electrons. The second kappa shape index (κ2) is 8.85. The van der Waals surface area contributed by atoms with Crippen LogP contribution in [0.3, 0.4) is 0 Å². The van der Waals surface area contributed by atoms with Crippen LogP contribution in [0.2, 0.25) is 0 Å². The SMILES string of the molecule is COCCOCCNCC1=CCCOC1. The van der Waals surface area contributed by atoms with Crippen molar-refractivity contribution in [3.05, 3.63) is 11.6 Å². The molecule has 0 radical (unpaired) electrons. The van der Waals surface area contributed by atoms with Crippen LogP contribution < -0.4 is 5.32 Å². The summed E-state index contributed by atoms with van der Waals surface area (Å²) in [6.07, 6.45) is 3.30. The minimum Gasteiger partial charge on any atom is -0.382 e. The van der Waals surface area contributed by atoms with Crippen LogP contribution in [0.1, 0.15) is 6.42 Å². The molecule has 4 nitrogen and oxygen atoms in total. The summed E-state index contributed by atoms with van der Waals surface area (Å²) in [5.41, 5.74) is 1.35. The number of nitrogens with one attached hydrogen (secondary N) is 1. The molecule has 4 heteroatoms. The third-order valence-corrected chi connectivity index (χ3v) is 2.19. The number of rotatable bonds is 8. The molecular formula is C11H21NO3. The highest BCUT2D eigenvalue weighted by Gasteiger charge is 2.02. The first-order valence-corrected chi connectivity index (χ1v) is 5.46. The molecule has 0 aromatic heterocycles. The maximum absolute atomic E-state index is 5.34. The highest BCUT2D eigenvalue weighted by atomic mass is 16.5. The molecule has 0 saturated heterocycles. The quantitative estimate of drug-likeness (QED) is 0.475. The summed E-state index contributed by atoms with van der Waals surface area (Å²) in [6.45, 7) is 5.50. The third kappa shape index (κ3) is 6.62. The summed E-state index contributed by atoms with van der Waals surface area (Å²) in [4.78, 5) is 0. The van der Waals surface area contributed by atoms with Crippen molar-refractivity contribution in [1.82, 2.24) is 5.32 Å². The fraction of sp³-hybridized carbons (Fsp3) is 0.818. The molecule has 1 aliphatic rings. The molecule has 1 N–H and O–H groups in total. The summed E-state index contributed by atoms with van der Waals surface area (Å²) in [5, 5.41) is 3.32. The average Bonchev–Trinajstić information content (AvgIpc) is 2.29. The average molecular weight is 215 g/mol. The number of hydrogen-bond acceptors (Lipinski definition) is 4. The van der Waals surface area contributed by atoms with Crippen LogP contribution in [0.15, 0.2) is 11.6 Å². The predicted molar refractivity (Wildman–Crippen MR) is 59.1 cm³/mol. The zero-order valence-electron chi connectivity index (χ0n) is 9.46. The predicted octanol–water partition coefficient (Wildman–Crippen LogP) is 0.586. The van der Waals surface area contributed by atoms with E-state index in [2.05, 4.69) is 11.4 Å². The maximum Gasteiger partial charge on any atom is 0.0700 e. The highest BCUT2D eigenvalue weighted by Crippen LogP contribution is 2.03. The van der Waals surface area contributed by atoms with Crippen molar-refractivity contribution in [3.63, 3.8) is 0 Å². The zero-order chi connectivity index (χ0) is 10.8. The summed E-state index contributed by atoms with van der Waals surface area (Å²) < 4.78 is 15.5. The molecule has 1 aliphatic heterocycles. The number of ether oxygens (including phenoxy) is 3. The topological polar surface area (TPSA) is 39.7 Å². The molecule has 0 spiro atoms. The summed E-state index contributed by atoms with van der Waals surface area (Å²) in [5.74, 6) is 0. The molecule has 0 unspecified atom stereocenters. The Bertz CT molecular complexity index is 183. The zero-order valence-corrected chi connectivity index (χ0v) is 9.46. The first-order chi connectivity index (χ1) is 7.43. The Labute approximate surface area is 91.6 Å². The molecular weight excluding hydrogens is 194 g/mol. The molecule has 0 aromatic rings. The van der Waals surface area contributed by atoms with Gasteiger partial charge in [0.2, 0.25) is 0 Å². The van der Waals surface area contributed by atoms with Crippen LogP contribution in [-0.2, 0) is 14.2 Å². The van der Waals surface area contributed by atoms with Crippen LogP contribution >= 0.6 is 0 Å². The lowest BCUT2D eigenvalue weighted by atomic mass is 10.2. The maximum atomic E-state index is 5.34. The van der Waals surface area contributed by atoms with E-state index >= 15 is 0 Å². The molecule has 1 heterocycles. The van der Waals surface area contributed by atoms with E-state index < -0.39 is 0 Å². The van der Waals surface area contributed by atoms with Crippen LogP contribution in [-0.4, -0.2) is 53.2 Å². The lowest BCUT2D eigenvalue weighted by molar-refractivity contribution is 0.0720. The van der Waals surface area contributed by atoms with Crippen LogP contribution in [0.5, 0.6) is 0 Å². The number of methoxy groups -OCH3 is 1. The Morgan fingerprint density at radius 2 is 2.33 bits per heavy atom. The smallest absolute Gasteiger partial charge is 0.0700 e. The Hall–Kier alpha value is -0.420. The largest absolute Gasteiger partial charge is 0.382 e. The molecule has 0 saturated carbocycles. The first kappa shape index (κ1) is 12.6. The van der Waals surface area contributed by atoms with E-state index in [1.807, 2.05) is 0 Å². The van der Waals surface area contributed by atoms with Gasteiger partial charge >= 0.3 is 0 Å². The van der Waals surface area contributed by atoms with Crippen molar-refractivity contribution in [2.45, 2.75) is 6.42 Å². The summed E-state index contributed by atoms with van der Waals surface area (Å²) >= 11 is 0. The molecule has 0 fully saturated rings. The number of hydrogen-bond donors (Lipinski definition) is 1. The Morgan fingerprint density at radius 1 is 1.40 bits per heavy atom. The fourth-order valence-corrected chi connectivity index (χ4v) is 1.37. The van der Waals surface area contributed by atoms with Gasteiger partial charge in [0.25, 0.3) is 0 Å². The Kier molecular flexibility index (Phi) is 7.47. The Morgan fingerprint density at radius 3 is 3.07 bits per heavy atom. The summed E-state index contributed by atoms with van der Waals surface area (Å²) in [6, 6.07) is 0. The van der Waals surface area contributed by atoms with Gasteiger partial charge in [-0.15, -0.1) is 0 Å². The van der Waals surface area contributed by atoms with Gasteiger partial charge in [-0.1, -0.05) is 6.08 Å². The lowest BCUT2D eigenvalue weighted by Crippen LogP contribution is -2.25. The lowest BCUT2D eigenvalue weighted by Gasteiger charge is -2.14. The normalized spacial score (nSPS) is 16.5. The van der Waals surface area contributed by atoms with Crippen molar-refractivity contribution < 1.29 is 14.2 Å².